The van der Waals surface area contributed by atoms with E-state index in [2.05, 4.69) is 70.9 Å². The van der Waals surface area contributed by atoms with E-state index in [0.717, 1.165) is 38.8 Å². The van der Waals surface area contributed by atoms with Crippen LogP contribution in [0.25, 0.3) is 0 Å². The van der Waals surface area contributed by atoms with Crippen LogP contribution in [0.1, 0.15) is 42.9 Å². The summed E-state index contributed by atoms with van der Waals surface area (Å²) in [4.78, 5) is 15.0. The van der Waals surface area contributed by atoms with Crippen LogP contribution in [-0.4, -0.2) is 23.4 Å². The highest BCUT2D eigenvalue weighted by Gasteiger charge is 2.34. The van der Waals surface area contributed by atoms with Gasteiger partial charge in [0.15, 0.2) is 0 Å². The Morgan fingerprint density at radius 1 is 0.920 bits per heavy atom. The monoisotopic (exact) mass is 334 g/mol. The molecule has 0 spiro atoms. The van der Waals surface area contributed by atoms with Crippen molar-refractivity contribution in [1.29, 1.82) is 0 Å². The molecule has 1 amide bonds. The second-order valence-electron chi connectivity index (χ2n) is 7.40. The van der Waals surface area contributed by atoms with Crippen molar-refractivity contribution in [3.05, 3.63) is 71.8 Å². The fraction of sp³-hybridized carbons (Fsp3) is 0.409. The molecule has 1 heterocycles. The maximum absolute atomic E-state index is 12.6. The van der Waals surface area contributed by atoms with Gasteiger partial charge in [0.25, 0.3) is 0 Å². The molecular weight excluding hydrogens is 308 g/mol. The minimum atomic E-state index is 0.115. The highest BCUT2D eigenvalue weighted by atomic mass is 16.2. The Hall–Kier alpha value is -2.13. The van der Waals surface area contributed by atoms with Crippen molar-refractivity contribution in [2.75, 3.05) is 6.54 Å². The van der Waals surface area contributed by atoms with E-state index in [9.17, 15) is 4.79 Å². The van der Waals surface area contributed by atoms with Crippen molar-refractivity contribution in [2.45, 2.75) is 44.3 Å². The maximum atomic E-state index is 12.6. The molecule has 0 bridgehead atoms. The highest BCUT2D eigenvalue weighted by molar-refractivity contribution is 5.79. The lowest BCUT2D eigenvalue weighted by atomic mass is 9.88. The lowest BCUT2D eigenvalue weighted by Crippen LogP contribution is -2.44. The molecule has 1 N–H and O–H groups in total. The molecule has 4 rings (SSSR count). The van der Waals surface area contributed by atoms with Gasteiger partial charge in [-0.3, -0.25) is 9.69 Å². The van der Waals surface area contributed by atoms with Gasteiger partial charge in [-0.2, -0.15) is 0 Å². The number of nitrogens with zero attached hydrogens (tertiary/aromatic N) is 1. The Labute approximate surface area is 150 Å². The van der Waals surface area contributed by atoms with Gasteiger partial charge < -0.3 is 5.32 Å². The topological polar surface area (TPSA) is 32.3 Å². The Morgan fingerprint density at radius 2 is 1.60 bits per heavy atom. The molecule has 0 aromatic heterocycles. The fourth-order valence-corrected chi connectivity index (χ4v) is 3.85. The highest BCUT2D eigenvalue weighted by Crippen LogP contribution is 2.35. The van der Waals surface area contributed by atoms with Crippen LogP contribution in [0.2, 0.25) is 0 Å². The molecule has 25 heavy (non-hydrogen) atoms. The minimum Gasteiger partial charge on any atom is -0.353 e. The molecule has 2 aromatic rings. The third kappa shape index (κ3) is 4.10. The molecule has 2 aromatic carbocycles. The predicted octanol–water partition coefficient (Wildman–Crippen LogP) is 3.92. The van der Waals surface area contributed by atoms with Gasteiger partial charge in [-0.05, 0) is 36.8 Å². The van der Waals surface area contributed by atoms with Crippen LogP contribution in [0.15, 0.2) is 60.7 Å². The number of hydrogen-bond acceptors (Lipinski definition) is 2. The van der Waals surface area contributed by atoms with E-state index in [0.29, 0.717) is 12.1 Å². The lowest BCUT2D eigenvalue weighted by molar-refractivity contribution is -0.127. The number of likely N-dealkylation sites (tertiary alicyclic amines) is 1. The van der Waals surface area contributed by atoms with Gasteiger partial charge in [-0.25, -0.2) is 0 Å². The molecule has 3 nitrogen and oxygen atoms in total. The molecule has 1 aliphatic heterocycles. The van der Waals surface area contributed by atoms with Crippen molar-refractivity contribution in [1.82, 2.24) is 10.2 Å². The normalized spacial score (nSPS) is 24.0. The Kier molecular flexibility index (Phi) is 4.84. The first-order chi connectivity index (χ1) is 12.3. The zero-order valence-corrected chi connectivity index (χ0v) is 14.6. The van der Waals surface area contributed by atoms with E-state index in [1.807, 2.05) is 0 Å². The summed E-state index contributed by atoms with van der Waals surface area (Å²) in [6, 6.07) is 22.2. The van der Waals surface area contributed by atoms with Gasteiger partial charge in [0.2, 0.25) is 5.91 Å². The molecule has 3 heteroatoms. The van der Waals surface area contributed by atoms with Crippen LogP contribution >= 0.6 is 0 Å². The molecule has 1 saturated carbocycles. The van der Waals surface area contributed by atoms with E-state index in [4.69, 9.17) is 0 Å². The largest absolute Gasteiger partial charge is 0.353 e. The third-order valence-corrected chi connectivity index (χ3v) is 5.39. The molecule has 1 saturated heterocycles. The van der Waals surface area contributed by atoms with Crippen molar-refractivity contribution >= 4 is 5.91 Å². The fourth-order valence-electron chi connectivity index (χ4n) is 3.85. The number of carbonyl (C=O) groups is 1. The summed E-state index contributed by atoms with van der Waals surface area (Å²) in [5.41, 5.74) is 2.67. The molecule has 0 radical (unpaired) electrons. The zero-order chi connectivity index (χ0) is 17.1. The average Bonchev–Trinajstić information content (AvgIpc) is 3.47. The lowest BCUT2D eigenvalue weighted by Gasteiger charge is -2.39. The van der Waals surface area contributed by atoms with E-state index in [-0.39, 0.29) is 11.8 Å². The minimum absolute atomic E-state index is 0.115. The van der Waals surface area contributed by atoms with Gasteiger partial charge >= 0.3 is 0 Å². The van der Waals surface area contributed by atoms with Gasteiger partial charge in [0, 0.05) is 25.2 Å². The van der Waals surface area contributed by atoms with Crippen LogP contribution in [0, 0.1) is 5.92 Å². The Balaban J connectivity index is 1.51. The number of benzene rings is 2. The Bertz CT molecular complexity index is 696. The SMILES string of the molecule is O=C(NC1CC1)C1CCC(c2ccccc2)N(Cc2ccccc2)C1. The van der Waals surface area contributed by atoms with E-state index in [1.165, 1.54) is 11.1 Å². The number of amides is 1. The molecule has 1 aliphatic carbocycles. The second-order valence-corrected chi connectivity index (χ2v) is 7.40. The second kappa shape index (κ2) is 7.40. The number of hydrogen-bond donors (Lipinski definition) is 1. The standard InChI is InChI=1S/C22H26N2O/c25-22(23-20-12-13-20)19-11-14-21(18-9-5-2-6-10-18)24(16-19)15-17-7-3-1-4-8-17/h1-10,19-21H,11-16H2,(H,23,25). The Morgan fingerprint density at radius 3 is 2.28 bits per heavy atom. The van der Waals surface area contributed by atoms with Crippen LogP contribution in [0.3, 0.4) is 0 Å². The first-order valence-corrected chi connectivity index (χ1v) is 9.43. The van der Waals surface area contributed by atoms with Crippen molar-refractivity contribution < 1.29 is 4.79 Å². The molecule has 130 valence electrons. The summed E-state index contributed by atoms with van der Waals surface area (Å²) in [7, 11) is 0. The summed E-state index contributed by atoms with van der Waals surface area (Å²) in [5, 5.41) is 3.20. The molecule has 2 unspecified atom stereocenters. The number of nitrogens with one attached hydrogen (secondary N) is 1. The summed E-state index contributed by atoms with van der Waals surface area (Å²) in [5.74, 6) is 0.372. The molecular formula is C22H26N2O. The smallest absolute Gasteiger partial charge is 0.224 e. The van der Waals surface area contributed by atoms with Gasteiger partial charge in [0.1, 0.15) is 0 Å². The average molecular weight is 334 g/mol. The van der Waals surface area contributed by atoms with Crippen molar-refractivity contribution in [3.63, 3.8) is 0 Å². The summed E-state index contributed by atoms with van der Waals surface area (Å²) < 4.78 is 0. The zero-order valence-electron chi connectivity index (χ0n) is 14.6. The van der Waals surface area contributed by atoms with Crippen LogP contribution < -0.4 is 5.32 Å². The van der Waals surface area contributed by atoms with Crippen molar-refractivity contribution in [2.24, 2.45) is 5.92 Å². The first kappa shape index (κ1) is 16.3. The quantitative estimate of drug-likeness (QED) is 0.899. The van der Waals surface area contributed by atoms with E-state index < -0.39 is 0 Å². The number of piperidine rings is 1. The molecule has 2 aliphatic rings. The maximum Gasteiger partial charge on any atom is 0.224 e. The summed E-state index contributed by atoms with van der Waals surface area (Å²) in [6.45, 7) is 1.74. The van der Waals surface area contributed by atoms with Crippen LogP contribution in [-0.2, 0) is 11.3 Å². The van der Waals surface area contributed by atoms with Gasteiger partial charge in [-0.1, -0.05) is 60.7 Å². The van der Waals surface area contributed by atoms with Gasteiger partial charge in [0.05, 0.1) is 5.92 Å². The van der Waals surface area contributed by atoms with Crippen LogP contribution in [0.4, 0.5) is 0 Å². The van der Waals surface area contributed by atoms with E-state index >= 15 is 0 Å². The van der Waals surface area contributed by atoms with Crippen LogP contribution in [0.5, 0.6) is 0 Å². The number of rotatable bonds is 5. The molecule has 2 fully saturated rings. The molecule has 2 atom stereocenters. The summed E-state index contributed by atoms with van der Waals surface area (Å²) >= 11 is 0. The summed E-state index contributed by atoms with van der Waals surface area (Å²) in [6.07, 6.45) is 4.32. The third-order valence-electron chi connectivity index (χ3n) is 5.39. The van der Waals surface area contributed by atoms with E-state index in [1.54, 1.807) is 0 Å². The van der Waals surface area contributed by atoms with Gasteiger partial charge in [-0.15, -0.1) is 0 Å². The van der Waals surface area contributed by atoms with Crippen molar-refractivity contribution in [3.8, 4) is 0 Å². The predicted molar refractivity (Wildman–Crippen MR) is 99.9 cm³/mol. The number of carbonyl (C=O) groups excluding carboxylic acids is 1. The first-order valence-electron chi connectivity index (χ1n) is 9.43.